The van der Waals surface area contributed by atoms with E-state index in [2.05, 4.69) is 10.3 Å². The molecular weight excluding hydrogens is 186 g/mol. The Bertz CT molecular complexity index is 302. The molecule has 0 spiro atoms. The van der Waals surface area contributed by atoms with Gasteiger partial charge in [0.05, 0.1) is 26.0 Å². The average Bonchev–Trinajstić information content (AvgIpc) is 2.85. The number of nitrogens with zero attached hydrogens (tertiary/aromatic N) is 3. The maximum atomic E-state index is 8.84. The van der Waals surface area contributed by atoms with Gasteiger partial charge in [-0.1, -0.05) is 5.21 Å². The molecule has 0 unspecified atom stereocenters. The van der Waals surface area contributed by atoms with Crippen molar-refractivity contribution in [2.45, 2.75) is 18.8 Å². The van der Waals surface area contributed by atoms with E-state index in [0.29, 0.717) is 18.9 Å². The van der Waals surface area contributed by atoms with Crippen LogP contribution in [0.3, 0.4) is 0 Å². The van der Waals surface area contributed by atoms with Crippen LogP contribution in [0.2, 0.25) is 0 Å². The van der Waals surface area contributed by atoms with E-state index in [4.69, 9.17) is 14.6 Å². The highest BCUT2D eigenvalue weighted by Gasteiger charge is 2.30. The summed E-state index contributed by atoms with van der Waals surface area (Å²) in [5.41, 5.74) is 0.562. The number of rotatable bonds is 3. The van der Waals surface area contributed by atoms with Crippen molar-refractivity contribution >= 4 is 0 Å². The summed E-state index contributed by atoms with van der Waals surface area (Å²) in [6.45, 7) is 1.06. The molecule has 2 atom stereocenters. The summed E-state index contributed by atoms with van der Waals surface area (Å²) in [6, 6.07) is 0.0628. The number of methoxy groups -OCH3 is 1. The Morgan fingerprint density at radius 3 is 3.21 bits per heavy atom. The molecule has 1 N–H and O–H groups in total. The smallest absolute Gasteiger partial charge is 0.108 e. The first kappa shape index (κ1) is 9.57. The highest BCUT2D eigenvalue weighted by atomic mass is 16.5. The van der Waals surface area contributed by atoms with Crippen molar-refractivity contribution < 1.29 is 14.6 Å². The van der Waals surface area contributed by atoms with Crippen LogP contribution in [0.5, 0.6) is 0 Å². The molecule has 14 heavy (non-hydrogen) atoms. The summed E-state index contributed by atoms with van der Waals surface area (Å²) >= 11 is 0. The Labute approximate surface area is 81.4 Å². The third-order valence-corrected chi connectivity index (χ3v) is 2.36. The van der Waals surface area contributed by atoms with Gasteiger partial charge in [-0.05, 0) is 0 Å². The predicted octanol–water partition coefficient (Wildman–Crippen LogP) is -0.643. The monoisotopic (exact) mass is 199 g/mol. The second kappa shape index (κ2) is 4.04. The van der Waals surface area contributed by atoms with Gasteiger partial charge < -0.3 is 14.6 Å². The maximum Gasteiger partial charge on any atom is 0.108 e. The minimum absolute atomic E-state index is 0.0169. The van der Waals surface area contributed by atoms with Gasteiger partial charge in [-0.2, -0.15) is 0 Å². The zero-order chi connectivity index (χ0) is 9.97. The first-order valence-electron chi connectivity index (χ1n) is 4.47. The molecule has 0 aliphatic carbocycles. The fraction of sp³-hybridized carbons (Fsp3) is 0.750. The molecule has 1 aliphatic heterocycles. The van der Waals surface area contributed by atoms with Gasteiger partial charge in [0.2, 0.25) is 0 Å². The zero-order valence-electron chi connectivity index (χ0n) is 7.96. The molecule has 6 nitrogen and oxygen atoms in total. The molecular formula is C8H13N3O3. The molecule has 0 bridgehead atoms. The van der Waals surface area contributed by atoms with Crippen LogP contribution in [0, 0.1) is 0 Å². The van der Waals surface area contributed by atoms with E-state index in [9.17, 15) is 0 Å². The summed E-state index contributed by atoms with van der Waals surface area (Å²) in [6.07, 6.45) is 1.73. The molecule has 0 amide bonds. The van der Waals surface area contributed by atoms with Crippen LogP contribution in [0.4, 0.5) is 0 Å². The number of ether oxygens (including phenoxy) is 2. The van der Waals surface area contributed by atoms with Gasteiger partial charge in [0, 0.05) is 7.11 Å². The molecule has 0 saturated carbocycles. The van der Waals surface area contributed by atoms with Crippen LogP contribution in [0.15, 0.2) is 6.20 Å². The van der Waals surface area contributed by atoms with E-state index >= 15 is 0 Å². The summed E-state index contributed by atoms with van der Waals surface area (Å²) in [7, 11) is 1.65. The standard InChI is InChI=1S/C8H13N3O3/c1-13-8-5-14-4-7(8)11-2-6(3-12)9-10-11/h2,7-8,12H,3-5H2,1H3/t7-,8+/m1/s1. The van der Waals surface area contributed by atoms with Crippen LogP contribution in [0.1, 0.15) is 11.7 Å². The van der Waals surface area contributed by atoms with Crippen LogP contribution in [0.25, 0.3) is 0 Å². The second-order valence-corrected chi connectivity index (χ2v) is 3.23. The molecule has 1 aromatic rings. The summed E-state index contributed by atoms with van der Waals surface area (Å²) in [4.78, 5) is 0. The SMILES string of the molecule is CO[C@H]1COC[C@H]1n1cc(CO)nn1. The second-order valence-electron chi connectivity index (χ2n) is 3.23. The average molecular weight is 199 g/mol. The molecule has 78 valence electrons. The first-order valence-corrected chi connectivity index (χ1v) is 4.47. The van der Waals surface area contributed by atoms with Gasteiger partial charge in [0.15, 0.2) is 0 Å². The Kier molecular flexibility index (Phi) is 2.76. The molecule has 0 aromatic carbocycles. The highest BCUT2D eigenvalue weighted by molar-refractivity contribution is 4.93. The normalized spacial score (nSPS) is 27.0. The quantitative estimate of drug-likeness (QED) is 0.701. The Hall–Kier alpha value is -0.980. The summed E-state index contributed by atoms with van der Waals surface area (Å²) in [5, 5.41) is 16.6. The van der Waals surface area contributed by atoms with Gasteiger partial charge in [-0.25, -0.2) is 4.68 Å². The number of aromatic nitrogens is 3. The van der Waals surface area contributed by atoms with Gasteiger partial charge >= 0.3 is 0 Å². The fourth-order valence-electron chi connectivity index (χ4n) is 1.54. The van der Waals surface area contributed by atoms with E-state index in [1.165, 1.54) is 0 Å². The zero-order valence-corrected chi connectivity index (χ0v) is 7.96. The van der Waals surface area contributed by atoms with E-state index < -0.39 is 0 Å². The molecule has 2 rings (SSSR count). The molecule has 1 aromatic heterocycles. The molecule has 6 heteroatoms. The van der Waals surface area contributed by atoms with Crippen LogP contribution in [-0.4, -0.2) is 46.5 Å². The lowest BCUT2D eigenvalue weighted by Crippen LogP contribution is -2.24. The van der Waals surface area contributed by atoms with Crippen LogP contribution >= 0.6 is 0 Å². The van der Waals surface area contributed by atoms with E-state index in [1.807, 2.05) is 0 Å². The summed E-state index contributed by atoms with van der Waals surface area (Å²) < 4.78 is 12.2. The Morgan fingerprint density at radius 2 is 2.57 bits per heavy atom. The lowest BCUT2D eigenvalue weighted by Gasteiger charge is -2.15. The van der Waals surface area contributed by atoms with Crippen molar-refractivity contribution in [2.75, 3.05) is 20.3 Å². The van der Waals surface area contributed by atoms with E-state index in [1.54, 1.807) is 18.0 Å². The van der Waals surface area contributed by atoms with Crippen molar-refractivity contribution in [1.29, 1.82) is 0 Å². The first-order chi connectivity index (χ1) is 6.85. The van der Waals surface area contributed by atoms with E-state index in [0.717, 1.165) is 0 Å². The van der Waals surface area contributed by atoms with Crippen molar-refractivity contribution in [1.82, 2.24) is 15.0 Å². The Balaban J connectivity index is 2.13. The minimum Gasteiger partial charge on any atom is -0.390 e. The molecule has 1 fully saturated rings. The van der Waals surface area contributed by atoms with Crippen molar-refractivity contribution in [2.24, 2.45) is 0 Å². The largest absolute Gasteiger partial charge is 0.390 e. The number of aliphatic hydroxyl groups excluding tert-OH is 1. The lowest BCUT2D eigenvalue weighted by molar-refractivity contribution is 0.0661. The number of hydrogen-bond donors (Lipinski definition) is 1. The van der Waals surface area contributed by atoms with Crippen molar-refractivity contribution in [3.8, 4) is 0 Å². The van der Waals surface area contributed by atoms with E-state index in [-0.39, 0.29) is 18.8 Å². The topological polar surface area (TPSA) is 69.4 Å². The fourth-order valence-corrected chi connectivity index (χ4v) is 1.54. The number of hydrogen-bond acceptors (Lipinski definition) is 5. The van der Waals surface area contributed by atoms with Gasteiger partial charge in [-0.15, -0.1) is 5.10 Å². The minimum atomic E-state index is -0.0920. The third kappa shape index (κ3) is 1.63. The summed E-state index contributed by atoms with van der Waals surface area (Å²) in [5.74, 6) is 0. The van der Waals surface area contributed by atoms with Crippen molar-refractivity contribution in [3.05, 3.63) is 11.9 Å². The van der Waals surface area contributed by atoms with Crippen molar-refractivity contribution in [3.63, 3.8) is 0 Å². The van der Waals surface area contributed by atoms with Crippen LogP contribution < -0.4 is 0 Å². The maximum absolute atomic E-state index is 8.84. The molecule has 2 heterocycles. The highest BCUT2D eigenvalue weighted by Crippen LogP contribution is 2.20. The molecule has 1 aliphatic rings. The predicted molar refractivity (Wildman–Crippen MR) is 46.6 cm³/mol. The molecule has 0 radical (unpaired) electrons. The van der Waals surface area contributed by atoms with Gasteiger partial charge in [0.1, 0.15) is 17.8 Å². The number of aliphatic hydroxyl groups is 1. The van der Waals surface area contributed by atoms with Gasteiger partial charge in [0.25, 0.3) is 0 Å². The molecule has 1 saturated heterocycles. The Morgan fingerprint density at radius 1 is 1.71 bits per heavy atom. The van der Waals surface area contributed by atoms with Gasteiger partial charge in [-0.3, -0.25) is 0 Å². The van der Waals surface area contributed by atoms with Crippen LogP contribution in [-0.2, 0) is 16.1 Å². The third-order valence-electron chi connectivity index (χ3n) is 2.36. The lowest BCUT2D eigenvalue weighted by atomic mass is 10.2.